The van der Waals surface area contributed by atoms with E-state index < -0.39 is 0 Å². The van der Waals surface area contributed by atoms with Gasteiger partial charge in [0.05, 0.1) is 6.61 Å². The monoisotopic (exact) mass is 205 g/mol. The predicted octanol–water partition coefficient (Wildman–Crippen LogP) is 2.06. The second-order valence-corrected chi connectivity index (χ2v) is 4.90. The number of hydrogen-bond donors (Lipinski definition) is 1. The molecule has 1 aliphatic carbocycles. The molecule has 1 N–H and O–H groups in total. The van der Waals surface area contributed by atoms with Gasteiger partial charge in [0, 0.05) is 5.41 Å². The molecular weight excluding hydrogens is 190 g/mol. The number of rotatable bonds is 0. The van der Waals surface area contributed by atoms with Gasteiger partial charge in [0.1, 0.15) is 6.10 Å². The number of aryl methyl sites for hydroxylation is 1. The highest BCUT2D eigenvalue weighted by molar-refractivity contribution is 5.39. The van der Waals surface area contributed by atoms with E-state index in [9.17, 15) is 0 Å². The third-order valence-corrected chi connectivity index (χ3v) is 3.44. The summed E-state index contributed by atoms with van der Waals surface area (Å²) in [5.41, 5.74) is 6.61. The van der Waals surface area contributed by atoms with Gasteiger partial charge in [-0.05, 0) is 24.5 Å². The third kappa shape index (κ3) is 1.31. The van der Waals surface area contributed by atoms with Crippen molar-refractivity contribution in [3.8, 4) is 0 Å². The third-order valence-electron chi connectivity index (χ3n) is 3.44. The molecule has 0 aromatic heterocycles. The first kappa shape index (κ1) is 9.33. The van der Waals surface area contributed by atoms with Gasteiger partial charge in [0.15, 0.2) is 0 Å². The maximum Gasteiger partial charge on any atom is 0.115 e. The van der Waals surface area contributed by atoms with Crippen LogP contribution in [0.1, 0.15) is 29.7 Å². The molecule has 3 heteroatoms. The molecule has 0 saturated carbocycles. The van der Waals surface area contributed by atoms with E-state index in [1.807, 2.05) is 0 Å². The molecule has 15 heavy (non-hydrogen) atoms. The SMILES string of the molecule is Cc1ccc2c(c1)[C@H]1ONOC[C@@]1(C)C2. The molecule has 1 fully saturated rings. The maximum absolute atomic E-state index is 5.51. The minimum atomic E-state index is 0.0847. The van der Waals surface area contributed by atoms with Crippen molar-refractivity contribution in [3.05, 3.63) is 34.9 Å². The van der Waals surface area contributed by atoms with Crippen LogP contribution < -0.4 is 5.64 Å². The molecule has 80 valence electrons. The number of benzene rings is 1. The minimum Gasteiger partial charge on any atom is -0.276 e. The molecule has 1 aromatic rings. The van der Waals surface area contributed by atoms with E-state index >= 15 is 0 Å². The Balaban J connectivity index is 2.08. The summed E-state index contributed by atoms with van der Waals surface area (Å²) < 4.78 is 0. The minimum absolute atomic E-state index is 0.0847. The van der Waals surface area contributed by atoms with E-state index in [1.54, 1.807) is 0 Å². The van der Waals surface area contributed by atoms with Gasteiger partial charge in [-0.15, -0.1) is 0 Å². The zero-order valence-corrected chi connectivity index (χ0v) is 9.04. The first-order valence-corrected chi connectivity index (χ1v) is 5.31. The lowest BCUT2D eigenvalue weighted by Gasteiger charge is -2.35. The van der Waals surface area contributed by atoms with E-state index in [0.29, 0.717) is 6.61 Å². The van der Waals surface area contributed by atoms with Crippen LogP contribution in [0, 0.1) is 12.3 Å². The lowest BCUT2D eigenvalue weighted by Crippen LogP contribution is -2.40. The lowest BCUT2D eigenvalue weighted by molar-refractivity contribution is -0.286. The van der Waals surface area contributed by atoms with E-state index in [4.69, 9.17) is 9.68 Å². The van der Waals surface area contributed by atoms with E-state index in [1.165, 1.54) is 16.7 Å². The summed E-state index contributed by atoms with van der Waals surface area (Å²) in [5.74, 6) is 0. The normalized spacial score (nSPS) is 33.6. The fraction of sp³-hybridized carbons (Fsp3) is 0.500. The van der Waals surface area contributed by atoms with Crippen LogP contribution in [0.4, 0.5) is 0 Å². The highest BCUT2D eigenvalue weighted by Gasteiger charge is 2.46. The van der Waals surface area contributed by atoms with Crippen molar-refractivity contribution in [1.82, 2.24) is 5.64 Å². The molecule has 0 unspecified atom stereocenters. The van der Waals surface area contributed by atoms with Crippen LogP contribution in [0.3, 0.4) is 0 Å². The fourth-order valence-electron chi connectivity index (χ4n) is 2.63. The molecule has 0 radical (unpaired) electrons. The van der Waals surface area contributed by atoms with Crippen molar-refractivity contribution in [2.45, 2.75) is 26.4 Å². The molecule has 3 rings (SSSR count). The standard InChI is InChI=1S/C12H15NO2/c1-8-3-4-9-6-12(2)7-14-13-15-11(12)10(9)5-8/h3-5,11,13H,6-7H2,1-2H3/t11-,12-/m1/s1. The molecular formula is C12H15NO2. The van der Waals surface area contributed by atoms with E-state index in [-0.39, 0.29) is 11.5 Å². The highest BCUT2D eigenvalue weighted by atomic mass is 16.9. The van der Waals surface area contributed by atoms with Gasteiger partial charge in [0.2, 0.25) is 0 Å². The Morgan fingerprint density at radius 1 is 1.47 bits per heavy atom. The van der Waals surface area contributed by atoms with Gasteiger partial charge in [-0.2, -0.15) is 0 Å². The summed E-state index contributed by atoms with van der Waals surface area (Å²) in [5, 5.41) is 0. The van der Waals surface area contributed by atoms with Crippen LogP contribution in [-0.4, -0.2) is 6.61 Å². The van der Waals surface area contributed by atoms with Crippen molar-refractivity contribution in [2.75, 3.05) is 6.61 Å². The summed E-state index contributed by atoms with van der Waals surface area (Å²) in [4.78, 5) is 10.7. The molecule has 0 spiro atoms. The van der Waals surface area contributed by atoms with Crippen molar-refractivity contribution < 1.29 is 9.68 Å². The number of nitrogens with one attached hydrogen (secondary N) is 1. The Labute approximate surface area is 89.3 Å². The molecule has 3 nitrogen and oxygen atoms in total. The Morgan fingerprint density at radius 2 is 2.33 bits per heavy atom. The lowest BCUT2D eigenvalue weighted by atomic mass is 9.85. The first-order chi connectivity index (χ1) is 7.19. The van der Waals surface area contributed by atoms with Crippen molar-refractivity contribution in [2.24, 2.45) is 5.41 Å². The van der Waals surface area contributed by atoms with Gasteiger partial charge < -0.3 is 0 Å². The molecule has 1 saturated heterocycles. The Morgan fingerprint density at radius 3 is 3.20 bits per heavy atom. The molecule has 1 aliphatic heterocycles. The summed E-state index contributed by atoms with van der Waals surface area (Å²) in [6, 6.07) is 6.59. The van der Waals surface area contributed by atoms with E-state index in [0.717, 1.165) is 6.42 Å². The summed E-state index contributed by atoms with van der Waals surface area (Å²) in [7, 11) is 0. The van der Waals surface area contributed by atoms with Gasteiger partial charge >= 0.3 is 0 Å². The molecule has 0 amide bonds. The number of fused-ring (bicyclic) bond motifs is 3. The van der Waals surface area contributed by atoms with Gasteiger partial charge in [0.25, 0.3) is 0 Å². The zero-order chi connectivity index (χ0) is 10.5. The van der Waals surface area contributed by atoms with Crippen molar-refractivity contribution in [1.29, 1.82) is 0 Å². The average molecular weight is 205 g/mol. The van der Waals surface area contributed by atoms with Crippen molar-refractivity contribution in [3.63, 3.8) is 0 Å². The summed E-state index contributed by atoms with van der Waals surface area (Å²) >= 11 is 0. The largest absolute Gasteiger partial charge is 0.276 e. The molecule has 1 aromatic carbocycles. The highest BCUT2D eigenvalue weighted by Crippen LogP contribution is 2.48. The number of hydrogen-bond acceptors (Lipinski definition) is 3. The zero-order valence-electron chi connectivity index (χ0n) is 9.04. The molecule has 2 atom stereocenters. The fourth-order valence-corrected chi connectivity index (χ4v) is 2.63. The predicted molar refractivity (Wildman–Crippen MR) is 55.9 cm³/mol. The average Bonchev–Trinajstić information content (AvgIpc) is 2.50. The van der Waals surface area contributed by atoms with Crippen LogP contribution in [0.2, 0.25) is 0 Å². The van der Waals surface area contributed by atoms with Crippen LogP contribution in [0.5, 0.6) is 0 Å². The second-order valence-electron chi connectivity index (χ2n) is 4.90. The summed E-state index contributed by atoms with van der Waals surface area (Å²) in [6.07, 6.45) is 1.16. The van der Waals surface area contributed by atoms with Gasteiger partial charge in [-0.1, -0.05) is 36.3 Å². The first-order valence-electron chi connectivity index (χ1n) is 5.31. The van der Waals surface area contributed by atoms with Crippen LogP contribution >= 0.6 is 0 Å². The molecule has 0 bridgehead atoms. The Bertz CT molecular complexity index is 405. The van der Waals surface area contributed by atoms with Gasteiger partial charge in [-0.25, -0.2) is 0 Å². The van der Waals surface area contributed by atoms with Crippen LogP contribution in [0.15, 0.2) is 18.2 Å². The maximum atomic E-state index is 5.51. The smallest absolute Gasteiger partial charge is 0.115 e. The van der Waals surface area contributed by atoms with E-state index in [2.05, 4.69) is 37.7 Å². The Hall–Kier alpha value is -0.900. The van der Waals surface area contributed by atoms with Gasteiger partial charge in [-0.3, -0.25) is 9.68 Å². The van der Waals surface area contributed by atoms with Crippen LogP contribution in [0.25, 0.3) is 0 Å². The Kier molecular flexibility index (Phi) is 1.89. The van der Waals surface area contributed by atoms with Crippen molar-refractivity contribution >= 4 is 0 Å². The molecule has 2 aliphatic rings. The van der Waals surface area contributed by atoms with Crippen LogP contribution in [-0.2, 0) is 16.1 Å². The second kappa shape index (κ2) is 3.04. The summed E-state index contributed by atoms with van der Waals surface area (Å²) in [6.45, 7) is 5.03. The topological polar surface area (TPSA) is 30.5 Å². The quantitative estimate of drug-likeness (QED) is 0.703. The molecule has 1 heterocycles.